The summed E-state index contributed by atoms with van der Waals surface area (Å²) >= 11 is 0. The third kappa shape index (κ3) is 4.69. The van der Waals surface area contributed by atoms with Gasteiger partial charge in [0.1, 0.15) is 0 Å². The van der Waals surface area contributed by atoms with E-state index in [2.05, 4.69) is 26.5 Å². The Balaban J connectivity index is 0.00000176. The van der Waals surface area contributed by atoms with Crippen molar-refractivity contribution in [1.29, 1.82) is 0 Å². The highest BCUT2D eigenvalue weighted by Crippen LogP contribution is 2.11. The minimum absolute atomic E-state index is 0. The number of halogens is 1. The van der Waals surface area contributed by atoms with Crippen molar-refractivity contribution in [2.45, 2.75) is 51.2 Å². The Labute approximate surface area is 137 Å². The molecule has 0 aliphatic carbocycles. The lowest BCUT2D eigenvalue weighted by Crippen LogP contribution is -2.38. The molecule has 7 heteroatoms. The first-order valence-electron chi connectivity index (χ1n) is 7.95. The van der Waals surface area contributed by atoms with E-state index < -0.39 is 0 Å². The van der Waals surface area contributed by atoms with Crippen molar-refractivity contribution in [3.8, 4) is 0 Å². The fourth-order valence-corrected chi connectivity index (χ4v) is 2.93. The molecule has 6 nitrogen and oxygen atoms in total. The van der Waals surface area contributed by atoms with Crippen LogP contribution in [-0.4, -0.2) is 41.5 Å². The number of rotatable bonds is 4. The molecule has 0 atom stereocenters. The number of hydrogen-bond donors (Lipinski definition) is 2. The average Bonchev–Trinajstić information content (AvgIpc) is 2.76. The molecule has 1 saturated heterocycles. The number of amides is 1. The molecule has 2 N–H and O–H groups in total. The number of nitrogens with zero attached hydrogens (tertiary/aromatic N) is 2. The molecule has 22 heavy (non-hydrogen) atoms. The summed E-state index contributed by atoms with van der Waals surface area (Å²) in [5.41, 5.74) is 2.25. The number of ether oxygens (including phenoxy) is 1. The van der Waals surface area contributed by atoms with Crippen molar-refractivity contribution in [1.82, 2.24) is 20.4 Å². The van der Waals surface area contributed by atoms with Gasteiger partial charge in [-0.05, 0) is 31.9 Å². The van der Waals surface area contributed by atoms with Gasteiger partial charge in [0.05, 0.1) is 11.4 Å². The lowest BCUT2D eigenvalue weighted by Gasteiger charge is -2.23. The minimum Gasteiger partial charge on any atom is -0.381 e. The Morgan fingerprint density at radius 1 is 1.45 bits per heavy atom. The maximum Gasteiger partial charge on any atom is 0.220 e. The largest absolute Gasteiger partial charge is 0.381 e. The first-order valence-corrected chi connectivity index (χ1v) is 7.95. The molecule has 124 valence electrons. The molecule has 1 amide bonds. The molecular weight excluding hydrogens is 304 g/mol. The van der Waals surface area contributed by atoms with E-state index in [0.717, 1.165) is 64.2 Å². The van der Waals surface area contributed by atoms with Gasteiger partial charge in [0.2, 0.25) is 5.91 Å². The highest BCUT2D eigenvalue weighted by Gasteiger charge is 2.16. The van der Waals surface area contributed by atoms with Crippen LogP contribution in [0.3, 0.4) is 0 Å². The van der Waals surface area contributed by atoms with E-state index in [1.807, 2.05) is 0 Å². The molecular formula is C15H25ClN4O2. The van der Waals surface area contributed by atoms with E-state index in [0.29, 0.717) is 6.42 Å². The Morgan fingerprint density at radius 2 is 2.27 bits per heavy atom. The lowest BCUT2D eigenvalue weighted by atomic mass is 10.1. The van der Waals surface area contributed by atoms with Gasteiger partial charge in [-0.1, -0.05) is 0 Å². The zero-order valence-electron chi connectivity index (χ0n) is 12.8. The minimum atomic E-state index is 0. The molecule has 0 aromatic carbocycles. The van der Waals surface area contributed by atoms with Crippen LogP contribution in [-0.2, 0) is 29.0 Å². The van der Waals surface area contributed by atoms with E-state index in [4.69, 9.17) is 4.74 Å². The molecule has 2 aliphatic heterocycles. The van der Waals surface area contributed by atoms with E-state index in [-0.39, 0.29) is 24.4 Å². The highest BCUT2D eigenvalue weighted by atomic mass is 35.5. The fraction of sp³-hybridized carbons (Fsp3) is 0.733. The van der Waals surface area contributed by atoms with Crippen molar-refractivity contribution in [3.05, 3.63) is 17.5 Å². The normalized spacial score (nSPS) is 18.9. The second-order valence-corrected chi connectivity index (χ2v) is 5.83. The summed E-state index contributed by atoms with van der Waals surface area (Å²) < 4.78 is 7.37. The Bertz CT molecular complexity index is 462. The number of carbonyl (C=O) groups excluding carboxylic acids is 1. The van der Waals surface area contributed by atoms with Gasteiger partial charge in [0.25, 0.3) is 0 Å². The third-order valence-corrected chi connectivity index (χ3v) is 4.14. The van der Waals surface area contributed by atoms with E-state index in [1.165, 1.54) is 5.69 Å². The van der Waals surface area contributed by atoms with Crippen LogP contribution >= 0.6 is 12.4 Å². The van der Waals surface area contributed by atoms with Crippen LogP contribution in [0.4, 0.5) is 0 Å². The number of nitrogens with one attached hydrogen (secondary N) is 2. The van der Waals surface area contributed by atoms with E-state index in [9.17, 15) is 4.79 Å². The van der Waals surface area contributed by atoms with Gasteiger partial charge in [-0.25, -0.2) is 0 Å². The van der Waals surface area contributed by atoms with Crippen molar-refractivity contribution in [2.75, 3.05) is 19.8 Å². The second-order valence-electron chi connectivity index (χ2n) is 5.83. The number of hydrogen-bond acceptors (Lipinski definition) is 4. The Hall–Kier alpha value is -1.11. The molecule has 2 aliphatic rings. The second kappa shape index (κ2) is 8.50. The summed E-state index contributed by atoms with van der Waals surface area (Å²) in [7, 11) is 0. The molecule has 0 saturated carbocycles. The predicted molar refractivity (Wildman–Crippen MR) is 86.1 cm³/mol. The Morgan fingerprint density at radius 3 is 3.09 bits per heavy atom. The topological polar surface area (TPSA) is 68.2 Å². The molecule has 3 heterocycles. The van der Waals surface area contributed by atoms with Crippen LogP contribution in [0.5, 0.6) is 0 Å². The monoisotopic (exact) mass is 328 g/mol. The lowest BCUT2D eigenvalue weighted by molar-refractivity contribution is -0.122. The van der Waals surface area contributed by atoms with Gasteiger partial charge < -0.3 is 15.4 Å². The van der Waals surface area contributed by atoms with Crippen LogP contribution in [0.2, 0.25) is 0 Å². The molecule has 0 unspecified atom stereocenters. The number of carbonyl (C=O) groups is 1. The van der Waals surface area contributed by atoms with Crippen LogP contribution in [0.25, 0.3) is 0 Å². The molecule has 0 radical (unpaired) electrons. The fourth-order valence-electron chi connectivity index (χ4n) is 2.93. The molecule has 0 spiro atoms. The van der Waals surface area contributed by atoms with Crippen molar-refractivity contribution >= 4 is 18.3 Å². The highest BCUT2D eigenvalue weighted by molar-refractivity contribution is 5.85. The van der Waals surface area contributed by atoms with Crippen LogP contribution < -0.4 is 10.6 Å². The van der Waals surface area contributed by atoms with Crippen molar-refractivity contribution in [3.63, 3.8) is 0 Å². The van der Waals surface area contributed by atoms with Gasteiger partial charge in [-0.15, -0.1) is 12.4 Å². The van der Waals surface area contributed by atoms with Crippen LogP contribution in [0, 0.1) is 0 Å². The summed E-state index contributed by atoms with van der Waals surface area (Å²) in [6, 6.07) is 2.41. The summed E-state index contributed by atoms with van der Waals surface area (Å²) in [5, 5.41) is 11.1. The number of fused-ring (bicyclic) bond motifs is 1. The maximum atomic E-state index is 12.0. The standard InChI is InChI=1S/C15H24N4O2.ClH/c20-15(17-12-4-8-21-9-5-12)3-2-13-10-14-11-16-6-1-7-19(14)18-13;/h10,12,16H,1-9,11H2,(H,17,20);1H. The van der Waals surface area contributed by atoms with Gasteiger partial charge in [0.15, 0.2) is 0 Å². The van der Waals surface area contributed by atoms with E-state index >= 15 is 0 Å². The molecule has 3 rings (SSSR count). The summed E-state index contributed by atoms with van der Waals surface area (Å²) in [4.78, 5) is 12.0. The molecule has 1 aromatic rings. The van der Waals surface area contributed by atoms with Crippen LogP contribution in [0.15, 0.2) is 6.07 Å². The first-order chi connectivity index (χ1) is 10.3. The summed E-state index contributed by atoms with van der Waals surface area (Å²) in [6.07, 6.45) is 4.20. The molecule has 1 aromatic heterocycles. The van der Waals surface area contributed by atoms with Crippen molar-refractivity contribution < 1.29 is 9.53 Å². The van der Waals surface area contributed by atoms with Gasteiger partial charge in [0, 0.05) is 45.2 Å². The van der Waals surface area contributed by atoms with Crippen molar-refractivity contribution in [2.24, 2.45) is 0 Å². The number of aryl methyl sites for hydroxylation is 2. The quantitative estimate of drug-likeness (QED) is 0.866. The zero-order chi connectivity index (χ0) is 14.5. The summed E-state index contributed by atoms with van der Waals surface area (Å²) in [6.45, 7) is 4.40. The average molecular weight is 329 g/mol. The smallest absolute Gasteiger partial charge is 0.220 e. The van der Waals surface area contributed by atoms with E-state index in [1.54, 1.807) is 0 Å². The third-order valence-electron chi connectivity index (χ3n) is 4.14. The van der Waals surface area contributed by atoms with Crippen LogP contribution in [0.1, 0.15) is 37.1 Å². The molecule has 0 bridgehead atoms. The summed E-state index contributed by atoms with van der Waals surface area (Å²) in [5.74, 6) is 0.128. The maximum absolute atomic E-state index is 12.0. The van der Waals surface area contributed by atoms with Gasteiger partial charge in [-0.2, -0.15) is 5.10 Å². The Kier molecular flexibility index (Phi) is 6.67. The predicted octanol–water partition coefficient (Wildman–Crippen LogP) is 1.03. The molecule has 1 fully saturated rings. The SMILES string of the molecule is Cl.O=C(CCc1cc2n(n1)CCCNC2)NC1CCOCC1. The zero-order valence-corrected chi connectivity index (χ0v) is 13.7. The van der Waals surface area contributed by atoms with Gasteiger partial charge >= 0.3 is 0 Å². The first kappa shape index (κ1) is 17.2. The number of aromatic nitrogens is 2. The van der Waals surface area contributed by atoms with Gasteiger partial charge in [-0.3, -0.25) is 9.48 Å².